The van der Waals surface area contributed by atoms with Gasteiger partial charge in [-0.3, -0.25) is 9.69 Å². The van der Waals surface area contributed by atoms with Crippen molar-refractivity contribution in [3.63, 3.8) is 0 Å². The van der Waals surface area contributed by atoms with Crippen LogP contribution in [-0.4, -0.2) is 90.8 Å². The maximum absolute atomic E-state index is 12.0. The van der Waals surface area contributed by atoms with Crippen molar-refractivity contribution in [2.75, 3.05) is 59.0 Å². The number of ether oxygens (including phenoxy) is 1. The van der Waals surface area contributed by atoms with Crippen molar-refractivity contribution < 1.29 is 19.4 Å². The second-order valence-corrected chi connectivity index (χ2v) is 4.54. The van der Waals surface area contributed by atoms with Crippen molar-refractivity contribution in [3.8, 4) is 0 Å². The molecular formula is C11H19N3O4. The fraction of sp³-hybridized carbons (Fsp3) is 0.818. The smallest absolute Gasteiger partial charge is 0.407 e. The van der Waals surface area contributed by atoms with E-state index in [1.807, 2.05) is 0 Å². The summed E-state index contributed by atoms with van der Waals surface area (Å²) in [5.74, 6) is 0.0851. The molecule has 7 nitrogen and oxygen atoms in total. The molecule has 0 atom stereocenters. The molecule has 0 aliphatic carbocycles. The fourth-order valence-electron chi connectivity index (χ4n) is 2.20. The van der Waals surface area contributed by atoms with E-state index < -0.39 is 6.09 Å². The lowest BCUT2D eigenvalue weighted by Crippen LogP contribution is -2.53. The molecule has 0 unspecified atom stereocenters. The summed E-state index contributed by atoms with van der Waals surface area (Å²) in [5, 5.41) is 8.82. The van der Waals surface area contributed by atoms with E-state index >= 15 is 0 Å². The van der Waals surface area contributed by atoms with Crippen LogP contribution in [0.5, 0.6) is 0 Å². The number of amides is 2. The average molecular weight is 257 g/mol. The van der Waals surface area contributed by atoms with Crippen LogP contribution in [0.1, 0.15) is 0 Å². The Kier molecular flexibility index (Phi) is 4.38. The number of carbonyl (C=O) groups excluding carboxylic acids is 1. The Morgan fingerprint density at radius 3 is 2.06 bits per heavy atom. The predicted molar refractivity (Wildman–Crippen MR) is 63.4 cm³/mol. The van der Waals surface area contributed by atoms with E-state index in [9.17, 15) is 9.59 Å². The van der Waals surface area contributed by atoms with Crippen LogP contribution in [0.3, 0.4) is 0 Å². The summed E-state index contributed by atoms with van der Waals surface area (Å²) in [4.78, 5) is 27.9. The third-order valence-electron chi connectivity index (χ3n) is 3.37. The maximum atomic E-state index is 12.0. The summed E-state index contributed by atoms with van der Waals surface area (Å²) in [6.07, 6.45) is -0.907. The van der Waals surface area contributed by atoms with Crippen LogP contribution in [0.2, 0.25) is 0 Å². The molecule has 0 radical (unpaired) electrons. The zero-order chi connectivity index (χ0) is 13.0. The van der Waals surface area contributed by atoms with Crippen LogP contribution < -0.4 is 0 Å². The standard InChI is InChI=1S/C11H19N3O4/c15-10(9-12-5-7-18-8-6-12)13-1-3-14(4-2-13)11(16)17/h1-9H2,(H,16,17). The molecule has 18 heavy (non-hydrogen) atoms. The lowest BCUT2D eigenvalue weighted by molar-refractivity contribution is -0.135. The van der Waals surface area contributed by atoms with Crippen molar-refractivity contribution in [2.45, 2.75) is 0 Å². The van der Waals surface area contributed by atoms with Gasteiger partial charge in [-0.2, -0.15) is 0 Å². The van der Waals surface area contributed by atoms with E-state index in [1.165, 1.54) is 4.90 Å². The van der Waals surface area contributed by atoms with E-state index in [1.54, 1.807) is 4.90 Å². The highest BCUT2D eigenvalue weighted by molar-refractivity contribution is 5.78. The fourth-order valence-corrected chi connectivity index (χ4v) is 2.20. The molecule has 1 N–H and O–H groups in total. The molecule has 0 bridgehead atoms. The molecule has 2 heterocycles. The highest BCUT2D eigenvalue weighted by Gasteiger charge is 2.25. The number of hydrogen-bond acceptors (Lipinski definition) is 4. The van der Waals surface area contributed by atoms with Crippen LogP contribution in [0.15, 0.2) is 0 Å². The third-order valence-corrected chi connectivity index (χ3v) is 3.37. The van der Waals surface area contributed by atoms with E-state index in [4.69, 9.17) is 9.84 Å². The maximum Gasteiger partial charge on any atom is 0.407 e. The zero-order valence-electron chi connectivity index (χ0n) is 10.4. The molecule has 2 aliphatic heterocycles. The van der Waals surface area contributed by atoms with Gasteiger partial charge in [0.2, 0.25) is 5.91 Å². The summed E-state index contributed by atoms with van der Waals surface area (Å²) in [6, 6.07) is 0. The summed E-state index contributed by atoms with van der Waals surface area (Å²) < 4.78 is 5.23. The molecule has 0 aromatic rings. The molecule has 2 rings (SSSR count). The first-order valence-electron chi connectivity index (χ1n) is 6.22. The first-order chi connectivity index (χ1) is 8.66. The van der Waals surface area contributed by atoms with Crippen LogP contribution in [0.25, 0.3) is 0 Å². The molecule has 2 fully saturated rings. The molecule has 2 amide bonds. The second kappa shape index (κ2) is 6.01. The topological polar surface area (TPSA) is 73.3 Å². The lowest BCUT2D eigenvalue weighted by Gasteiger charge is -2.35. The van der Waals surface area contributed by atoms with Crippen LogP contribution in [0, 0.1) is 0 Å². The zero-order valence-corrected chi connectivity index (χ0v) is 10.4. The van der Waals surface area contributed by atoms with Gasteiger partial charge in [0, 0.05) is 39.3 Å². The van der Waals surface area contributed by atoms with E-state index in [0.29, 0.717) is 45.9 Å². The quantitative estimate of drug-likeness (QED) is 0.697. The van der Waals surface area contributed by atoms with Gasteiger partial charge in [-0.25, -0.2) is 4.79 Å². The van der Waals surface area contributed by atoms with Gasteiger partial charge in [0.1, 0.15) is 0 Å². The van der Waals surface area contributed by atoms with Gasteiger partial charge in [0.15, 0.2) is 0 Å². The number of morpholine rings is 1. The monoisotopic (exact) mass is 257 g/mol. The Morgan fingerprint density at radius 2 is 1.50 bits per heavy atom. The first kappa shape index (κ1) is 13.1. The number of rotatable bonds is 2. The van der Waals surface area contributed by atoms with Crippen LogP contribution >= 0.6 is 0 Å². The summed E-state index contributed by atoms with van der Waals surface area (Å²) in [7, 11) is 0. The lowest BCUT2D eigenvalue weighted by atomic mass is 10.3. The molecule has 0 aromatic heterocycles. The van der Waals surface area contributed by atoms with E-state index in [2.05, 4.69) is 4.90 Å². The van der Waals surface area contributed by atoms with Gasteiger partial charge in [-0.15, -0.1) is 0 Å². The SMILES string of the molecule is O=C(O)N1CCN(C(=O)CN2CCOCC2)CC1. The number of nitrogens with zero attached hydrogens (tertiary/aromatic N) is 3. The highest BCUT2D eigenvalue weighted by atomic mass is 16.5. The predicted octanol–water partition coefficient (Wildman–Crippen LogP) is -0.859. The summed E-state index contributed by atoms with van der Waals surface area (Å²) in [5.41, 5.74) is 0. The van der Waals surface area contributed by atoms with Crippen molar-refractivity contribution in [3.05, 3.63) is 0 Å². The highest BCUT2D eigenvalue weighted by Crippen LogP contribution is 2.04. The van der Waals surface area contributed by atoms with Crippen LogP contribution in [0.4, 0.5) is 4.79 Å². The molecule has 0 aromatic carbocycles. The normalized spacial score (nSPS) is 22.0. The third kappa shape index (κ3) is 3.33. The Morgan fingerprint density at radius 1 is 0.944 bits per heavy atom. The molecule has 2 saturated heterocycles. The van der Waals surface area contributed by atoms with Gasteiger partial charge in [-0.1, -0.05) is 0 Å². The van der Waals surface area contributed by atoms with E-state index in [0.717, 1.165) is 13.1 Å². The van der Waals surface area contributed by atoms with Gasteiger partial charge in [0.25, 0.3) is 0 Å². The molecule has 102 valence electrons. The number of carboxylic acid groups (broad SMARTS) is 1. The molecular weight excluding hydrogens is 238 g/mol. The Bertz CT molecular complexity index is 309. The van der Waals surface area contributed by atoms with Gasteiger partial charge in [-0.05, 0) is 0 Å². The van der Waals surface area contributed by atoms with Crippen molar-refractivity contribution in [2.24, 2.45) is 0 Å². The first-order valence-corrected chi connectivity index (χ1v) is 6.22. The molecule has 7 heteroatoms. The number of hydrogen-bond donors (Lipinski definition) is 1. The number of carbonyl (C=O) groups is 2. The minimum atomic E-state index is -0.907. The number of piperazine rings is 1. The Hall–Kier alpha value is -1.34. The van der Waals surface area contributed by atoms with Crippen molar-refractivity contribution >= 4 is 12.0 Å². The summed E-state index contributed by atoms with van der Waals surface area (Å²) >= 11 is 0. The molecule has 2 aliphatic rings. The summed E-state index contributed by atoms with van der Waals surface area (Å²) in [6.45, 7) is 5.16. The average Bonchev–Trinajstić information content (AvgIpc) is 2.40. The molecule has 0 saturated carbocycles. The van der Waals surface area contributed by atoms with Gasteiger partial charge < -0.3 is 19.6 Å². The van der Waals surface area contributed by atoms with Gasteiger partial charge >= 0.3 is 6.09 Å². The minimum absolute atomic E-state index is 0.0851. The Balaban J connectivity index is 1.75. The van der Waals surface area contributed by atoms with Crippen molar-refractivity contribution in [1.29, 1.82) is 0 Å². The second-order valence-electron chi connectivity index (χ2n) is 4.54. The largest absolute Gasteiger partial charge is 0.465 e. The van der Waals surface area contributed by atoms with Crippen molar-refractivity contribution in [1.82, 2.24) is 14.7 Å². The Labute approximate surface area is 106 Å². The van der Waals surface area contributed by atoms with E-state index in [-0.39, 0.29) is 5.91 Å². The minimum Gasteiger partial charge on any atom is -0.465 e. The van der Waals surface area contributed by atoms with Crippen LogP contribution in [-0.2, 0) is 9.53 Å². The van der Waals surface area contributed by atoms with Gasteiger partial charge in [0.05, 0.1) is 19.8 Å². The molecule has 0 spiro atoms.